The van der Waals surface area contributed by atoms with Crippen LogP contribution in [0.1, 0.15) is 27.3 Å². The zero-order chi connectivity index (χ0) is 24.8. The number of carbonyl (C=O) groups excluding carboxylic acids is 1. The highest BCUT2D eigenvalue weighted by molar-refractivity contribution is 5.95. The Kier molecular flexibility index (Phi) is 7.98. The number of piperazine rings is 1. The predicted molar refractivity (Wildman–Crippen MR) is 140 cm³/mol. The Hall–Kier alpha value is -3.45. The number of pyridine rings is 2. The first-order chi connectivity index (χ1) is 16.9. The molecule has 0 bridgehead atoms. The molecule has 1 amide bonds. The van der Waals surface area contributed by atoms with Gasteiger partial charge in [0.25, 0.3) is 5.91 Å². The number of aryl methyl sites for hydroxylation is 2. The first-order valence-corrected chi connectivity index (χ1v) is 12.3. The van der Waals surface area contributed by atoms with Gasteiger partial charge in [0.2, 0.25) is 0 Å². The van der Waals surface area contributed by atoms with Crippen LogP contribution >= 0.6 is 0 Å². The summed E-state index contributed by atoms with van der Waals surface area (Å²) in [4.78, 5) is 37.6. The number of hydrogen-bond acceptors (Lipinski definition) is 5. The lowest BCUT2D eigenvalue weighted by molar-refractivity contribution is 0.0742. The van der Waals surface area contributed by atoms with Gasteiger partial charge >= 0.3 is 0 Å². The number of nitrogens with zero attached hydrogens (tertiary/aromatic N) is 5. The van der Waals surface area contributed by atoms with Gasteiger partial charge in [-0.2, -0.15) is 0 Å². The van der Waals surface area contributed by atoms with E-state index in [0.717, 1.165) is 36.7 Å². The first-order valence-electron chi connectivity index (χ1n) is 12.3. The molecule has 184 valence electrons. The van der Waals surface area contributed by atoms with Gasteiger partial charge in [0, 0.05) is 62.9 Å². The number of likely N-dealkylation sites (N-methyl/N-ethyl adjacent to an activating group) is 1. The number of hydrogen-bond donors (Lipinski definition) is 0. The number of rotatable bonds is 8. The Balaban J connectivity index is 1.61. The Morgan fingerprint density at radius 2 is 1.69 bits per heavy atom. The summed E-state index contributed by atoms with van der Waals surface area (Å²) in [6.45, 7) is 6.06. The molecule has 0 saturated carbocycles. The second kappa shape index (κ2) is 11.3. The maximum Gasteiger partial charge on any atom is 0.259 e. The van der Waals surface area contributed by atoms with Crippen molar-refractivity contribution in [3.63, 3.8) is 0 Å². The van der Waals surface area contributed by atoms with Gasteiger partial charge in [0.05, 0.1) is 0 Å². The van der Waals surface area contributed by atoms with Crippen LogP contribution in [0, 0.1) is 6.92 Å². The number of aromatic nitrogens is 2. The second-order valence-corrected chi connectivity index (χ2v) is 9.38. The Morgan fingerprint density at radius 3 is 2.34 bits per heavy atom. The molecule has 0 aliphatic carbocycles. The average Bonchev–Trinajstić information content (AvgIpc) is 2.87. The van der Waals surface area contributed by atoms with Gasteiger partial charge in [-0.3, -0.25) is 9.59 Å². The highest BCUT2D eigenvalue weighted by Gasteiger charge is 2.28. The van der Waals surface area contributed by atoms with Gasteiger partial charge in [-0.1, -0.05) is 36.4 Å². The second-order valence-electron chi connectivity index (χ2n) is 9.38. The molecule has 2 aromatic heterocycles. The summed E-state index contributed by atoms with van der Waals surface area (Å²) in [6, 6.07) is 17.7. The number of carbonyl (C=O) groups is 1. The highest BCUT2D eigenvalue weighted by atomic mass is 16.2. The van der Waals surface area contributed by atoms with Gasteiger partial charge < -0.3 is 19.3 Å². The molecule has 1 fully saturated rings. The van der Waals surface area contributed by atoms with Crippen molar-refractivity contribution in [2.45, 2.75) is 26.3 Å². The van der Waals surface area contributed by atoms with Crippen LogP contribution in [0.15, 0.2) is 65.6 Å². The van der Waals surface area contributed by atoms with Gasteiger partial charge in [-0.25, -0.2) is 4.98 Å². The van der Waals surface area contributed by atoms with Crippen LogP contribution in [-0.4, -0.2) is 72.1 Å². The van der Waals surface area contributed by atoms with E-state index < -0.39 is 0 Å². The van der Waals surface area contributed by atoms with Crippen LogP contribution in [0.5, 0.6) is 0 Å². The van der Waals surface area contributed by atoms with Crippen molar-refractivity contribution in [1.82, 2.24) is 19.4 Å². The number of amides is 1. The molecule has 0 atom stereocenters. The predicted octanol–water partition coefficient (Wildman–Crippen LogP) is 2.86. The van der Waals surface area contributed by atoms with E-state index in [1.807, 2.05) is 62.3 Å². The molecular formula is C28H35N5O2. The summed E-state index contributed by atoms with van der Waals surface area (Å²) in [5, 5.41) is 0. The zero-order valence-corrected chi connectivity index (χ0v) is 21.0. The van der Waals surface area contributed by atoms with Crippen LogP contribution in [-0.2, 0) is 19.4 Å². The number of anilines is 1. The van der Waals surface area contributed by atoms with Crippen LogP contribution in [0.2, 0.25) is 0 Å². The average molecular weight is 474 g/mol. The van der Waals surface area contributed by atoms with Gasteiger partial charge in [-0.05, 0) is 51.6 Å². The molecule has 35 heavy (non-hydrogen) atoms. The third-order valence-electron chi connectivity index (χ3n) is 6.64. The SMILES string of the molecule is Cc1cc(=O)c(C(=O)N2CCN(c3ccccn3)CC2)c(CCc2ccccc2)n1CCN(C)C. The lowest BCUT2D eigenvalue weighted by Gasteiger charge is -2.35. The summed E-state index contributed by atoms with van der Waals surface area (Å²) >= 11 is 0. The molecule has 1 aromatic carbocycles. The summed E-state index contributed by atoms with van der Waals surface area (Å²) in [7, 11) is 4.07. The van der Waals surface area contributed by atoms with Crippen molar-refractivity contribution in [2.24, 2.45) is 0 Å². The Bertz CT molecular complexity index is 1180. The Labute approximate surface area is 207 Å². The van der Waals surface area contributed by atoms with Gasteiger partial charge in [0.15, 0.2) is 5.43 Å². The third-order valence-corrected chi connectivity index (χ3v) is 6.64. The molecular weight excluding hydrogens is 438 g/mol. The van der Waals surface area contributed by atoms with Crippen LogP contribution < -0.4 is 10.3 Å². The Morgan fingerprint density at radius 1 is 0.971 bits per heavy atom. The van der Waals surface area contributed by atoms with Crippen LogP contribution in [0.25, 0.3) is 0 Å². The summed E-state index contributed by atoms with van der Waals surface area (Å²) < 4.78 is 2.17. The fourth-order valence-electron chi connectivity index (χ4n) is 4.67. The molecule has 0 unspecified atom stereocenters. The van der Waals surface area contributed by atoms with Crippen LogP contribution in [0.4, 0.5) is 5.82 Å². The summed E-state index contributed by atoms with van der Waals surface area (Å²) in [6.07, 6.45) is 3.21. The molecule has 3 aromatic rings. The minimum absolute atomic E-state index is 0.155. The van der Waals surface area contributed by atoms with E-state index in [2.05, 4.69) is 31.5 Å². The topological polar surface area (TPSA) is 61.7 Å². The molecule has 3 heterocycles. The number of benzene rings is 1. The molecule has 0 N–H and O–H groups in total. The highest BCUT2D eigenvalue weighted by Crippen LogP contribution is 2.18. The quantitative estimate of drug-likeness (QED) is 0.504. The van der Waals surface area contributed by atoms with E-state index >= 15 is 0 Å². The zero-order valence-electron chi connectivity index (χ0n) is 21.0. The molecule has 1 aliphatic rings. The minimum atomic E-state index is -0.177. The molecule has 1 saturated heterocycles. The van der Waals surface area contributed by atoms with Gasteiger partial charge in [0.1, 0.15) is 11.4 Å². The van der Waals surface area contributed by atoms with Crippen LogP contribution in [0.3, 0.4) is 0 Å². The van der Waals surface area contributed by atoms with Crippen molar-refractivity contribution in [1.29, 1.82) is 0 Å². The minimum Gasteiger partial charge on any atom is -0.353 e. The fourth-order valence-corrected chi connectivity index (χ4v) is 4.67. The lowest BCUT2D eigenvalue weighted by Crippen LogP contribution is -2.50. The van der Waals surface area contributed by atoms with E-state index in [0.29, 0.717) is 38.2 Å². The van der Waals surface area contributed by atoms with Crippen molar-refractivity contribution < 1.29 is 4.79 Å². The lowest BCUT2D eigenvalue weighted by atomic mass is 10.0. The van der Waals surface area contributed by atoms with E-state index in [4.69, 9.17) is 0 Å². The van der Waals surface area contributed by atoms with E-state index in [-0.39, 0.29) is 11.3 Å². The summed E-state index contributed by atoms with van der Waals surface area (Å²) in [5.41, 5.74) is 3.10. The van der Waals surface area contributed by atoms with E-state index in [9.17, 15) is 9.59 Å². The fraction of sp³-hybridized carbons (Fsp3) is 0.393. The first kappa shape index (κ1) is 24.7. The molecule has 7 nitrogen and oxygen atoms in total. The molecule has 0 radical (unpaired) electrons. The maximum absolute atomic E-state index is 13.8. The largest absolute Gasteiger partial charge is 0.353 e. The maximum atomic E-state index is 13.8. The molecule has 7 heteroatoms. The van der Waals surface area contributed by atoms with Crippen molar-refractivity contribution in [2.75, 3.05) is 51.7 Å². The van der Waals surface area contributed by atoms with E-state index in [1.165, 1.54) is 5.56 Å². The monoisotopic (exact) mass is 473 g/mol. The van der Waals surface area contributed by atoms with Crippen molar-refractivity contribution in [3.05, 3.63) is 93.5 Å². The van der Waals surface area contributed by atoms with Crippen molar-refractivity contribution >= 4 is 11.7 Å². The van der Waals surface area contributed by atoms with E-state index in [1.54, 1.807) is 12.3 Å². The molecule has 4 rings (SSSR count). The normalized spacial score (nSPS) is 13.9. The molecule has 1 aliphatic heterocycles. The summed E-state index contributed by atoms with van der Waals surface area (Å²) in [5.74, 6) is 0.766. The molecule has 0 spiro atoms. The smallest absolute Gasteiger partial charge is 0.259 e. The van der Waals surface area contributed by atoms with Gasteiger partial charge in [-0.15, -0.1) is 0 Å². The van der Waals surface area contributed by atoms with Crippen molar-refractivity contribution in [3.8, 4) is 0 Å². The third kappa shape index (κ3) is 5.98. The standard InChI is InChI=1S/C28H35N5O2/c1-22-21-25(34)27(28(35)32-18-16-31(17-19-32)26-11-7-8-14-29-26)24(33(22)20-15-30(2)3)13-12-23-9-5-4-6-10-23/h4-11,14,21H,12-13,15-20H2,1-3H3.